The minimum Gasteiger partial charge on any atom is -0.342 e. The Morgan fingerprint density at radius 2 is 1.94 bits per heavy atom. The average molecular weight is 276 g/mol. The number of likely N-dealkylation sites (N-methyl/N-ethyl adjacent to an activating group) is 1. The number of carbonyl (C=O) groups is 1. The van der Waals surface area contributed by atoms with Gasteiger partial charge >= 0.3 is 0 Å². The van der Waals surface area contributed by atoms with Crippen molar-refractivity contribution in [3.8, 4) is 0 Å². The quantitative estimate of drug-likeness (QED) is 0.825. The monoisotopic (exact) mass is 275 g/mol. The van der Waals surface area contributed by atoms with E-state index >= 15 is 0 Å². The molecule has 0 aromatic heterocycles. The maximum absolute atomic E-state index is 12.0. The van der Waals surface area contributed by atoms with E-state index in [4.69, 9.17) is 0 Å². The highest BCUT2D eigenvalue weighted by molar-refractivity contribution is 5.85. The van der Waals surface area contributed by atoms with E-state index in [1.54, 1.807) is 0 Å². The SMILES string of the molecule is CCN(CC)C(=O)CN1CCC2CNCC2C1.Cl. The van der Waals surface area contributed by atoms with Gasteiger partial charge in [-0.1, -0.05) is 0 Å². The Hall–Kier alpha value is -0.320. The van der Waals surface area contributed by atoms with Gasteiger partial charge in [-0.25, -0.2) is 0 Å². The number of rotatable bonds is 4. The van der Waals surface area contributed by atoms with E-state index in [1.807, 2.05) is 4.90 Å². The average Bonchev–Trinajstić information content (AvgIpc) is 2.77. The largest absolute Gasteiger partial charge is 0.342 e. The number of carbonyl (C=O) groups excluding carboxylic acids is 1. The summed E-state index contributed by atoms with van der Waals surface area (Å²) in [5.74, 6) is 1.92. The molecule has 2 fully saturated rings. The molecule has 2 rings (SSSR count). The molecule has 2 aliphatic heterocycles. The van der Waals surface area contributed by atoms with Crippen LogP contribution in [-0.4, -0.2) is 61.5 Å². The van der Waals surface area contributed by atoms with Crippen LogP contribution in [0, 0.1) is 11.8 Å². The van der Waals surface area contributed by atoms with Crippen LogP contribution >= 0.6 is 12.4 Å². The first-order valence-electron chi connectivity index (χ1n) is 6.95. The Kier molecular flexibility index (Phi) is 6.39. The van der Waals surface area contributed by atoms with Crippen molar-refractivity contribution < 1.29 is 4.79 Å². The van der Waals surface area contributed by atoms with Crippen molar-refractivity contribution in [3.05, 3.63) is 0 Å². The highest BCUT2D eigenvalue weighted by Gasteiger charge is 2.33. The van der Waals surface area contributed by atoms with Crippen molar-refractivity contribution in [3.63, 3.8) is 0 Å². The molecule has 0 bridgehead atoms. The molecule has 18 heavy (non-hydrogen) atoms. The summed E-state index contributed by atoms with van der Waals surface area (Å²) in [7, 11) is 0. The van der Waals surface area contributed by atoms with E-state index < -0.39 is 0 Å². The molecular formula is C13H26ClN3O. The minimum atomic E-state index is 0. The molecule has 2 heterocycles. The standard InChI is InChI=1S/C13H25N3O.ClH/c1-3-16(4-2)13(17)10-15-6-5-11-7-14-8-12(11)9-15;/h11-12,14H,3-10H2,1-2H3;1H. The fraction of sp³-hybridized carbons (Fsp3) is 0.923. The smallest absolute Gasteiger partial charge is 0.236 e. The Morgan fingerprint density at radius 3 is 2.61 bits per heavy atom. The summed E-state index contributed by atoms with van der Waals surface area (Å²) >= 11 is 0. The number of halogens is 1. The van der Waals surface area contributed by atoms with Crippen LogP contribution in [0.4, 0.5) is 0 Å². The Morgan fingerprint density at radius 1 is 1.28 bits per heavy atom. The van der Waals surface area contributed by atoms with Crippen molar-refractivity contribution in [1.82, 2.24) is 15.1 Å². The van der Waals surface area contributed by atoms with Crippen molar-refractivity contribution in [1.29, 1.82) is 0 Å². The van der Waals surface area contributed by atoms with Gasteiger partial charge in [0.1, 0.15) is 0 Å². The molecule has 2 aliphatic rings. The highest BCUT2D eigenvalue weighted by Crippen LogP contribution is 2.26. The molecule has 0 aromatic rings. The zero-order chi connectivity index (χ0) is 12.3. The van der Waals surface area contributed by atoms with E-state index in [0.29, 0.717) is 12.5 Å². The maximum atomic E-state index is 12.0. The zero-order valence-corrected chi connectivity index (χ0v) is 12.3. The third kappa shape index (κ3) is 3.59. The summed E-state index contributed by atoms with van der Waals surface area (Å²) in [6.07, 6.45) is 1.25. The molecule has 2 saturated heterocycles. The number of hydrogen-bond acceptors (Lipinski definition) is 3. The van der Waals surface area contributed by atoms with Crippen LogP contribution in [0.1, 0.15) is 20.3 Å². The van der Waals surface area contributed by atoms with Crippen LogP contribution in [0.3, 0.4) is 0 Å². The first kappa shape index (κ1) is 15.7. The number of hydrogen-bond donors (Lipinski definition) is 1. The lowest BCUT2D eigenvalue weighted by Gasteiger charge is -2.35. The zero-order valence-electron chi connectivity index (χ0n) is 11.5. The van der Waals surface area contributed by atoms with Crippen LogP contribution in [0.5, 0.6) is 0 Å². The van der Waals surface area contributed by atoms with Gasteiger partial charge in [0, 0.05) is 19.6 Å². The number of piperidine rings is 1. The third-order valence-electron chi connectivity index (χ3n) is 4.26. The number of amides is 1. The van der Waals surface area contributed by atoms with Gasteiger partial charge in [0.2, 0.25) is 5.91 Å². The number of nitrogens with one attached hydrogen (secondary N) is 1. The highest BCUT2D eigenvalue weighted by atomic mass is 35.5. The molecule has 0 radical (unpaired) electrons. The fourth-order valence-corrected chi connectivity index (χ4v) is 3.12. The van der Waals surface area contributed by atoms with E-state index in [9.17, 15) is 4.79 Å². The molecule has 0 spiro atoms. The molecule has 0 saturated carbocycles. The van der Waals surface area contributed by atoms with Crippen LogP contribution in [-0.2, 0) is 4.79 Å². The van der Waals surface area contributed by atoms with Gasteiger partial charge in [-0.2, -0.15) is 0 Å². The molecular weight excluding hydrogens is 250 g/mol. The van der Waals surface area contributed by atoms with Crippen LogP contribution in [0.25, 0.3) is 0 Å². The van der Waals surface area contributed by atoms with Gasteiger partial charge in [0.05, 0.1) is 6.54 Å². The third-order valence-corrected chi connectivity index (χ3v) is 4.26. The van der Waals surface area contributed by atoms with Crippen molar-refractivity contribution in [2.45, 2.75) is 20.3 Å². The molecule has 0 aromatic carbocycles. The summed E-state index contributed by atoms with van der Waals surface area (Å²) in [6, 6.07) is 0. The van der Waals surface area contributed by atoms with Gasteiger partial charge in [0.25, 0.3) is 0 Å². The van der Waals surface area contributed by atoms with Crippen LogP contribution < -0.4 is 5.32 Å². The second kappa shape index (κ2) is 7.31. The molecule has 4 nitrogen and oxygen atoms in total. The Labute approximate surface area is 116 Å². The van der Waals surface area contributed by atoms with Crippen molar-refractivity contribution in [2.75, 3.05) is 45.8 Å². The van der Waals surface area contributed by atoms with E-state index in [0.717, 1.165) is 44.6 Å². The van der Waals surface area contributed by atoms with Crippen molar-refractivity contribution in [2.24, 2.45) is 11.8 Å². The number of fused-ring (bicyclic) bond motifs is 1. The topological polar surface area (TPSA) is 35.6 Å². The molecule has 106 valence electrons. The maximum Gasteiger partial charge on any atom is 0.236 e. The van der Waals surface area contributed by atoms with Crippen molar-refractivity contribution >= 4 is 18.3 Å². The first-order chi connectivity index (χ1) is 8.24. The molecule has 2 unspecified atom stereocenters. The van der Waals surface area contributed by atoms with Crippen LogP contribution in [0.15, 0.2) is 0 Å². The lowest BCUT2D eigenvalue weighted by molar-refractivity contribution is -0.132. The summed E-state index contributed by atoms with van der Waals surface area (Å²) < 4.78 is 0. The summed E-state index contributed by atoms with van der Waals surface area (Å²) in [5, 5.41) is 3.46. The normalized spacial score (nSPS) is 27.4. The minimum absolute atomic E-state index is 0. The fourth-order valence-electron chi connectivity index (χ4n) is 3.12. The first-order valence-corrected chi connectivity index (χ1v) is 6.95. The lowest BCUT2D eigenvalue weighted by Crippen LogP contribution is -2.46. The van der Waals surface area contributed by atoms with Gasteiger partial charge < -0.3 is 10.2 Å². The van der Waals surface area contributed by atoms with E-state index in [1.165, 1.54) is 13.0 Å². The summed E-state index contributed by atoms with van der Waals surface area (Å²) in [6.45, 7) is 10.9. The predicted molar refractivity (Wildman–Crippen MR) is 76.1 cm³/mol. The van der Waals surface area contributed by atoms with Gasteiger partial charge in [-0.15, -0.1) is 12.4 Å². The van der Waals surface area contributed by atoms with Gasteiger partial charge in [0.15, 0.2) is 0 Å². The molecule has 0 aliphatic carbocycles. The molecule has 2 atom stereocenters. The Balaban J connectivity index is 0.00000162. The van der Waals surface area contributed by atoms with Gasteiger partial charge in [-0.3, -0.25) is 9.69 Å². The Bertz CT molecular complexity index is 271. The molecule has 1 amide bonds. The second-order valence-electron chi connectivity index (χ2n) is 5.27. The molecule has 1 N–H and O–H groups in total. The van der Waals surface area contributed by atoms with E-state index in [2.05, 4.69) is 24.1 Å². The predicted octanol–water partition coefficient (Wildman–Crippen LogP) is 0.818. The number of nitrogens with zero attached hydrogens (tertiary/aromatic N) is 2. The lowest BCUT2D eigenvalue weighted by atomic mass is 9.89. The summed E-state index contributed by atoms with van der Waals surface area (Å²) in [4.78, 5) is 16.3. The second-order valence-corrected chi connectivity index (χ2v) is 5.27. The van der Waals surface area contributed by atoms with Gasteiger partial charge in [-0.05, 0) is 51.7 Å². The molecule has 5 heteroatoms. The van der Waals surface area contributed by atoms with E-state index in [-0.39, 0.29) is 12.4 Å². The number of likely N-dealkylation sites (tertiary alicyclic amines) is 1. The van der Waals surface area contributed by atoms with Crippen LogP contribution in [0.2, 0.25) is 0 Å². The summed E-state index contributed by atoms with van der Waals surface area (Å²) in [5.41, 5.74) is 0.